The van der Waals surface area contributed by atoms with Gasteiger partial charge in [0.25, 0.3) is 7.82 Å². The van der Waals surface area contributed by atoms with Crippen molar-refractivity contribution in [1.82, 2.24) is 0 Å². The zero-order valence-corrected chi connectivity index (χ0v) is 48.9. The molecule has 0 amide bonds. The molecule has 0 aromatic carbocycles. The molecule has 0 radical (unpaired) electrons. The first-order chi connectivity index (χ1) is 24.0. The topological polar surface area (TPSA) is 944 Å². The molecule has 64 heteroatoms. The van der Waals surface area contributed by atoms with Crippen LogP contribution in [0.1, 0.15) is 0 Å². The van der Waals surface area contributed by atoms with Crippen molar-refractivity contribution in [1.29, 1.82) is 0 Å². The first kappa shape index (κ1) is 114. The third-order valence-corrected chi connectivity index (χ3v) is 0. The average molecular weight is 1260 g/mol. The molecule has 0 aliphatic rings. The fourth-order valence-electron chi connectivity index (χ4n) is 0. The molecule has 0 heterocycles. The molecule has 0 aromatic heterocycles. The van der Waals surface area contributed by atoms with E-state index in [0.717, 1.165) is 0 Å². The van der Waals surface area contributed by atoms with Crippen LogP contribution in [0, 0.1) is 0 Å². The molecule has 48 nitrogen and oxygen atoms in total. The van der Waals surface area contributed by atoms with Crippen molar-refractivity contribution >= 4 is 93.9 Å². The van der Waals surface area contributed by atoms with Gasteiger partial charge in [0.1, 0.15) is 0 Å². The summed E-state index contributed by atoms with van der Waals surface area (Å²) in [7, 11) is -56.7. The summed E-state index contributed by atoms with van der Waals surface area (Å²) < 4.78 is 106. The van der Waals surface area contributed by atoms with Crippen molar-refractivity contribution < 1.29 is 349 Å². The summed E-state index contributed by atoms with van der Waals surface area (Å²) >= 11 is 0. The first-order valence-electron chi connectivity index (χ1n) is 9.32. The van der Waals surface area contributed by atoms with Gasteiger partial charge in [-0.1, -0.05) is 0 Å². The minimum atomic E-state index is -5.39. The molecule has 64 heavy (non-hydrogen) atoms. The van der Waals surface area contributed by atoms with E-state index in [1.54, 1.807) is 0 Å². The van der Waals surface area contributed by atoms with Crippen molar-refractivity contribution in [3.05, 3.63) is 0 Å². The maximum Gasteiger partial charge on any atom is 1.00 e. The predicted molar refractivity (Wildman–Crippen MR) is 162 cm³/mol. The zero-order chi connectivity index (χ0) is 54.0. The summed E-state index contributed by atoms with van der Waals surface area (Å²) in [4.78, 5) is 264. The Kier molecular flexibility index (Phi) is 92.1. The minimum absolute atomic E-state index is 0. The van der Waals surface area contributed by atoms with Crippen LogP contribution in [0.5, 0.6) is 0 Å². The SMILES string of the molecule is O=P(O)(O)O.O=P(O)(O)O.O=P(O)(O)O.O=P(O)(O)O.O=P(O)(O)O.O=P(O)(O)O.O=P(O)(O)O.O=P(O)(O)O.O=P(O)(O)O.O=P(O)(O)O.O=P([O-])(O)O.O=P([O-])([O-])[O-].[Na+].[Na+].[Na+].[Na+]. The van der Waals surface area contributed by atoms with Gasteiger partial charge in [0.05, 0.1) is 0 Å². The predicted octanol–water partition coefficient (Wildman–Crippen LogP) is -25.7. The summed E-state index contributed by atoms with van der Waals surface area (Å²) in [5.41, 5.74) is 0. The van der Waals surface area contributed by atoms with Crippen LogP contribution in [0.15, 0.2) is 0 Å². The van der Waals surface area contributed by atoms with Crippen LogP contribution in [0.4, 0.5) is 0 Å². The van der Waals surface area contributed by atoms with Crippen molar-refractivity contribution in [3.63, 3.8) is 0 Å². The van der Waals surface area contributed by atoms with E-state index >= 15 is 0 Å². The second-order valence-electron chi connectivity index (χ2n) is 6.07. The smallest absolute Gasteiger partial charge is 0.822 e. The largest absolute Gasteiger partial charge is 1.00 e. The van der Waals surface area contributed by atoms with E-state index in [9.17, 15) is 0 Å². The van der Waals surface area contributed by atoms with Crippen LogP contribution < -0.4 is 138 Å². The van der Waals surface area contributed by atoms with E-state index in [1.807, 2.05) is 0 Å². The van der Waals surface area contributed by atoms with E-state index in [2.05, 4.69) is 0 Å². The Morgan fingerprint density at radius 3 is 0.172 bits per heavy atom. The van der Waals surface area contributed by atoms with Crippen molar-refractivity contribution in [2.45, 2.75) is 0 Å². The quantitative estimate of drug-likeness (QED) is 0.0791. The van der Waals surface area contributed by atoms with Crippen LogP contribution in [-0.4, -0.2) is 157 Å². The molecule has 0 bridgehead atoms. The molecule has 0 saturated heterocycles. The molecule has 0 aliphatic carbocycles. The van der Waals surface area contributed by atoms with Gasteiger partial charge in [-0.2, -0.15) is 7.82 Å². The van der Waals surface area contributed by atoms with Gasteiger partial charge in [0.15, 0.2) is 0 Å². The van der Waals surface area contributed by atoms with Crippen LogP contribution in [0.3, 0.4) is 0 Å². The van der Waals surface area contributed by atoms with E-state index < -0.39 is 93.9 Å². The Morgan fingerprint density at radius 1 is 0.172 bits per heavy atom. The Balaban J connectivity index is -0.0000000279. The second-order valence-corrected chi connectivity index (χ2v) is 18.2. The van der Waals surface area contributed by atoms with Gasteiger partial charge in [-0.3, -0.25) is 4.57 Å². The van der Waals surface area contributed by atoms with Gasteiger partial charge in [0, 0.05) is 0 Å². The van der Waals surface area contributed by atoms with Crippen LogP contribution in [-0.2, 0) is 54.8 Å². The summed E-state index contributed by atoms with van der Waals surface area (Å²) in [6, 6.07) is 0. The number of hydrogen-bond donors (Lipinski definition) is 32. The van der Waals surface area contributed by atoms with Gasteiger partial charge in [0.2, 0.25) is 0 Å². The number of rotatable bonds is 0. The molecule has 0 rings (SSSR count). The molecule has 0 saturated carbocycles. The zero-order valence-electron chi connectivity index (χ0n) is 30.2. The summed E-state index contributed by atoms with van der Waals surface area (Å²) in [6.07, 6.45) is 0. The standard InChI is InChI=1S/4Na.12H3O4P/c;;;;12*1-5(2,3)4/h;;;;12*(H3,1,2,3,4)/q4*+1;;;;;;;;;;;;/p-4. The maximum absolute atomic E-state index is 8.88. The minimum Gasteiger partial charge on any atom is -0.822 e. The van der Waals surface area contributed by atoms with Gasteiger partial charge < -0.3 is 181 Å². The number of phosphoric acid groups is 12. The van der Waals surface area contributed by atoms with Gasteiger partial charge in [-0.05, 0) is 0 Å². The average Bonchev–Trinajstić information content (AvgIpc) is 2.48. The van der Waals surface area contributed by atoms with Gasteiger partial charge >= 0.3 is 196 Å². The molecule has 0 aliphatic heterocycles. The summed E-state index contributed by atoms with van der Waals surface area (Å²) in [5, 5.41) is 0. The Bertz CT molecular complexity index is 1050. The maximum atomic E-state index is 8.88. The second kappa shape index (κ2) is 51.8. The fraction of sp³-hybridized carbons (Fsp3) is 0. The monoisotopic (exact) mass is 1260 g/mol. The third-order valence-electron chi connectivity index (χ3n) is 0. The summed E-state index contributed by atoms with van der Waals surface area (Å²) in [5.74, 6) is 0. The van der Waals surface area contributed by atoms with Gasteiger partial charge in [-0.25, -0.2) is 45.7 Å². The molecule has 384 valence electrons. The first-order valence-corrected chi connectivity index (χ1v) is 28.0. The van der Waals surface area contributed by atoms with Gasteiger partial charge in [-0.15, -0.1) is 0 Å². The van der Waals surface area contributed by atoms with Crippen molar-refractivity contribution in [3.8, 4) is 0 Å². The van der Waals surface area contributed by atoms with Crippen LogP contribution >= 0.6 is 93.9 Å². The van der Waals surface area contributed by atoms with Crippen molar-refractivity contribution in [2.75, 3.05) is 0 Å². The molecular weight excluding hydrogens is 1230 g/mol. The van der Waals surface area contributed by atoms with E-state index in [1.165, 1.54) is 0 Å². The third kappa shape index (κ3) is 10500. The number of hydrogen-bond acceptors (Lipinski definition) is 16. The normalized spacial score (nSPS) is 11.1. The van der Waals surface area contributed by atoms with Crippen LogP contribution in [0.2, 0.25) is 0 Å². The Labute approximate surface area is 438 Å². The Hall–Kier alpha value is 5.32. The molecule has 0 fully saturated rings. The van der Waals surface area contributed by atoms with E-state index in [-0.39, 0.29) is 118 Å². The molecule has 0 unspecified atom stereocenters. The Morgan fingerprint density at radius 2 is 0.172 bits per heavy atom. The van der Waals surface area contributed by atoms with E-state index in [0.29, 0.717) is 0 Å². The fourth-order valence-corrected chi connectivity index (χ4v) is 0. The van der Waals surface area contributed by atoms with Crippen molar-refractivity contribution in [2.24, 2.45) is 0 Å². The molecule has 0 aromatic rings. The molecular formula is H32Na4O48P12. The molecule has 0 spiro atoms. The molecule has 32 N–H and O–H groups in total. The van der Waals surface area contributed by atoms with Crippen LogP contribution in [0.25, 0.3) is 0 Å². The van der Waals surface area contributed by atoms with E-state index in [4.69, 9.17) is 231 Å². The summed E-state index contributed by atoms with van der Waals surface area (Å²) in [6.45, 7) is 0. The molecule has 0 atom stereocenters.